The van der Waals surface area contributed by atoms with Gasteiger partial charge in [-0.25, -0.2) is 0 Å². The Morgan fingerprint density at radius 2 is 2.12 bits per heavy atom. The van der Waals surface area contributed by atoms with Gasteiger partial charge in [0.1, 0.15) is 17.0 Å². The number of carbonyl (C=O) groups excluding carboxylic acids is 1. The molecule has 1 atom stereocenters. The lowest BCUT2D eigenvalue weighted by Crippen LogP contribution is -2.49. The van der Waals surface area contributed by atoms with Gasteiger partial charge >= 0.3 is 0 Å². The molecule has 1 aromatic rings. The number of hydrogen-bond acceptors (Lipinski definition) is 3. The molecule has 0 aliphatic carbocycles. The minimum atomic E-state index is -0.544. The third-order valence-electron chi connectivity index (χ3n) is 3.18. The maximum absolute atomic E-state index is 12.0. The average molecular weight is 234 g/mol. The van der Waals surface area contributed by atoms with Crippen molar-refractivity contribution in [2.24, 2.45) is 0 Å². The molecule has 4 nitrogen and oxygen atoms in total. The van der Waals surface area contributed by atoms with Gasteiger partial charge in [0.15, 0.2) is 0 Å². The summed E-state index contributed by atoms with van der Waals surface area (Å²) in [5, 5.41) is 6.21. The summed E-state index contributed by atoms with van der Waals surface area (Å²) in [5.74, 6) is 0.698. The Balaban J connectivity index is 2.41. The van der Waals surface area contributed by atoms with E-state index < -0.39 is 5.54 Å². The van der Waals surface area contributed by atoms with E-state index in [4.69, 9.17) is 4.74 Å². The molecule has 4 heteroatoms. The first-order valence-corrected chi connectivity index (χ1v) is 5.96. The van der Waals surface area contributed by atoms with Crippen LogP contribution in [0.5, 0.6) is 5.75 Å². The van der Waals surface area contributed by atoms with E-state index in [0.29, 0.717) is 12.4 Å². The van der Waals surface area contributed by atoms with Crippen molar-refractivity contribution in [3.63, 3.8) is 0 Å². The van der Waals surface area contributed by atoms with Crippen LogP contribution >= 0.6 is 0 Å². The lowest BCUT2D eigenvalue weighted by atomic mass is 9.94. The van der Waals surface area contributed by atoms with E-state index in [0.717, 1.165) is 17.8 Å². The molecular weight excluding hydrogens is 216 g/mol. The fourth-order valence-electron chi connectivity index (χ4n) is 1.89. The van der Waals surface area contributed by atoms with Crippen LogP contribution in [0.3, 0.4) is 0 Å². The van der Waals surface area contributed by atoms with Crippen molar-refractivity contribution < 1.29 is 9.53 Å². The predicted octanol–water partition coefficient (Wildman–Crippen LogP) is 2.62. The van der Waals surface area contributed by atoms with Gasteiger partial charge in [0.2, 0.25) is 5.91 Å². The van der Waals surface area contributed by atoms with Gasteiger partial charge in [0.25, 0.3) is 0 Å². The molecule has 1 aliphatic heterocycles. The number of amides is 1. The van der Waals surface area contributed by atoms with Gasteiger partial charge in [-0.05, 0) is 32.4 Å². The molecule has 0 saturated heterocycles. The molecule has 0 bridgehead atoms. The van der Waals surface area contributed by atoms with Crippen LogP contribution < -0.4 is 15.4 Å². The van der Waals surface area contributed by atoms with Crippen LogP contribution in [0.15, 0.2) is 18.2 Å². The summed E-state index contributed by atoms with van der Waals surface area (Å²) in [6.07, 6.45) is 0.733. The lowest BCUT2D eigenvalue weighted by molar-refractivity contribution is -0.120. The molecule has 0 radical (unpaired) electrons. The largest absolute Gasteiger partial charge is 0.492 e. The summed E-state index contributed by atoms with van der Waals surface area (Å²) < 4.78 is 5.50. The second kappa shape index (κ2) is 4.28. The first kappa shape index (κ1) is 11.8. The van der Waals surface area contributed by atoms with Crippen molar-refractivity contribution in [3.05, 3.63) is 18.2 Å². The quantitative estimate of drug-likeness (QED) is 0.845. The smallest absolute Gasteiger partial charge is 0.249 e. The normalized spacial score (nSPS) is 22.4. The maximum atomic E-state index is 12.0. The van der Waals surface area contributed by atoms with Crippen molar-refractivity contribution in [1.82, 2.24) is 0 Å². The summed E-state index contributed by atoms with van der Waals surface area (Å²) in [6.45, 7) is 6.40. The van der Waals surface area contributed by atoms with Crippen LogP contribution in [-0.4, -0.2) is 18.1 Å². The average Bonchev–Trinajstić information content (AvgIpc) is 2.32. The van der Waals surface area contributed by atoms with Crippen molar-refractivity contribution in [1.29, 1.82) is 0 Å². The van der Waals surface area contributed by atoms with Gasteiger partial charge in [0, 0.05) is 0 Å². The Kier molecular flexibility index (Phi) is 2.96. The highest BCUT2D eigenvalue weighted by Crippen LogP contribution is 2.38. The van der Waals surface area contributed by atoms with Crippen LogP contribution in [0.1, 0.15) is 27.2 Å². The molecule has 0 spiro atoms. The summed E-state index contributed by atoms with van der Waals surface area (Å²) in [6, 6.07) is 5.73. The van der Waals surface area contributed by atoms with Gasteiger partial charge in [0.05, 0.1) is 12.3 Å². The number of fused-ring (bicyclic) bond motifs is 1. The molecule has 17 heavy (non-hydrogen) atoms. The van der Waals surface area contributed by atoms with Gasteiger partial charge < -0.3 is 15.4 Å². The third kappa shape index (κ3) is 1.95. The summed E-state index contributed by atoms with van der Waals surface area (Å²) in [5.41, 5.74) is 1.11. The van der Waals surface area contributed by atoms with Crippen molar-refractivity contribution in [2.75, 3.05) is 17.2 Å². The predicted molar refractivity (Wildman–Crippen MR) is 68.6 cm³/mol. The van der Waals surface area contributed by atoms with E-state index in [-0.39, 0.29) is 5.91 Å². The Bertz CT molecular complexity index is 445. The Labute approximate surface area is 101 Å². The molecule has 0 saturated carbocycles. The summed E-state index contributed by atoms with van der Waals surface area (Å²) in [4.78, 5) is 12.0. The summed E-state index contributed by atoms with van der Waals surface area (Å²) in [7, 11) is 0. The first-order valence-electron chi connectivity index (χ1n) is 5.96. The molecule has 0 aromatic heterocycles. The molecule has 1 heterocycles. The van der Waals surface area contributed by atoms with Crippen LogP contribution in [0.4, 0.5) is 11.4 Å². The number of carbonyl (C=O) groups is 1. The van der Waals surface area contributed by atoms with E-state index in [9.17, 15) is 4.79 Å². The number of rotatable bonds is 3. The van der Waals surface area contributed by atoms with E-state index >= 15 is 0 Å². The molecule has 92 valence electrons. The second-order valence-corrected chi connectivity index (χ2v) is 4.38. The van der Waals surface area contributed by atoms with Gasteiger partial charge in [-0.15, -0.1) is 0 Å². The summed E-state index contributed by atoms with van der Waals surface area (Å²) >= 11 is 0. The van der Waals surface area contributed by atoms with Gasteiger partial charge in [-0.1, -0.05) is 13.0 Å². The number of hydrogen-bond donors (Lipinski definition) is 2. The highest BCUT2D eigenvalue weighted by Gasteiger charge is 2.36. The van der Waals surface area contributed by atoms with Crippen LogP contribution in [0, 0.1) is 0 Å². The number of ether oxygens (including phenoxy) is 1. The molecule has 1 aromatic carbocycles. The fourth-order valence-corrected chi connectivity index (χ4v) is 1.89. The fraction of sp³-hybridized carbons (Fsp3) is 0.462. The molecule has 2 N–H and O–H groups in total. The molecule has 1 amide bonds. The first-order chi connectivity index (χ1) is 8.10. The number of anilines is 2. The monoisotopic (exact) mass is 234 g/mol. The maximum Gasteiger partial charge on any atom is 0.249 e. The van der Waals surface area contributed by atoms with Crippen LogP contribution in [0.25, 0.3) is 0 Å². The number of benzene rings is 1. The van der Waals surface area contributed by atoms with E-state index in [2.05, 4.69) is 10.6 Å². The highest BCUT2D eigenvalue weighted by atomic mass is 16.5. The van der Waals surface area contributed by atoms with Crippen molar-refractivity contribution in [2.45, 2.75) is 32.7 Å². The highest BCUT2D eigenvalue weighted by molar-refractivity contribution is 6.07. The Morgan fingerprint density at radius 3 is 2.76 bits per heavy atom. The van der Waals surface area contributed by atoms with Crippen molar-refractivity contribution in [3.8, 4) is 5.75 Å². The SMILES string of the molecule is CCOc1cccc2c1NC(=O)C(C)(CC)N2. The van der Waals surface area contributed by atoms with E-state index in [1.165, 1.54) is 0 Å². The molecule has 1 unspecified atom stereocenters. The van der Waals surface area contributed by atoms with Crippen LogP contribution in [-0.2, 0) is 4.79 Å². The number of para-hydroxylation sites is 1. The third-order valence-corrected chi connectivity index (χ3v) is 3.18. The van der Waals surface area contributed by atoms with Gasteiger partial charge in [-0.2, -0.15) is 0 Å². The molecule has 2 rings (SSSR count). The topological polar surface area (TPSA) is 50.4 Å². The minimum absolute atomic E-state index is 0.0142. The standard InChI is InChI=1S/C13H18N2O2/c1-4-13(3)12(16)14-11-9(15-13)7-6-8-10(11)17-5-2/h6-8,15H,4-5H2,1-3H3,(H,14,16). The van der Waals surface area contributed by atoms with Crippen molar-refractivity contribution >= 4 is 17.3 Å². The minimum Gasteiger partial charge on any atom is -0.492 e. The molecular formula is C13H18N2O2. The molecule has 1 aliphatic rings. The van der Waals surface area contributed by atoms with E-state index in [1.807, 2.05) is 39.0 Å². The zero-order chi connectivity index (χ0) is 12.5. The molecule has 0 fully saturated rings. The Morgan fingerprint density at radius 1 is 1.35 bits per heavy atom. The Hall–Kier alpha value is -1.71. The lowest BCUT2D eigenvalue weighted by Gasteiger charge is -2.35. The zero-order valence-corrected chi connectivity index (χ0v) is 10.5. The van der Waals surface area contributed by atoms with Crippen LogP contribution in [0.2, 0.25) is 0 Å². The van der Waals surface area contributed by atoms with E-state index in [1.54, 1.807) is 0 Å². The zero-order valence-electron chi connectivity index (χ0n) is 10.5. The number of nitrogens with one attached hydrogen (secondary N) is 2. The van der Waals surface area contributed by atoms with Gasteiger partial charge in [-0.3, -0.25) is 4.79 Å². The second-order valence-electron chi connectivity index (χ2n) is 4.38.